The molecule has 1 aromatic rings. The zero-order valence-corrected chi connectivity index (χ0v) is 9.70. The Morgan fingerprint density at radius 3 is 2.94 bits per heavy atom. The van der Waals surface area contributed by atoms with Gasteiger partial charge in [-0.25, -0.2) is 0 Å². The number of rotatable bonds is 2. The topological polar surface area (TPSA) is 44.0 Å². The molecule has 0 bridgehead atoms. The van der Waals surface area contributed by atoms with E-state index in [1.54, 1.807) is 12.1 Å². The maximum atomic E-state index is 9.91. The number of nitriles is 1. The van der Waals surface area contributed by atoms with Gasteiger partial charge in [0.25, 0.3) is 0 Å². The summed E-state index contributed by atoms with van der Waals surface area (Å²) >= 11 is 6.13. The van der Waals surface area contributed by atoms with Gasteiger partial charge >= 0.3 is 0 Å². The van der Waals surface area contributed by atoms with Crippen molar-refractivity contribution in [3.8, 4) is 6.07 Å². The fourth-order valence-corrected chi connectivity index (χ4v) is 2.45. The number of hydrogen-bond donors (Lipinski definition) is 1. The number of hydrogen-bond acceptors (Lipinski definition) is 2. The molecule has 2 unspecified atom stereocenters. The fourth-order valence-electron chi connectivity index (χ4n) is 2.07. The zero-order chi connectivity index (χ0) is 11.7. The Bertz CT molecular complexity index is 487. The summed E-state index contributed by atoms with van der Waals surface area (Å²) in [5.74, 6) is -0.130. The summed E-state index contributed by atoms with van der Waals surface area (Å²) in [5, 5.41) is 19.4. The van der Waals surface area contributed by atoms with Crippen LogP contribution in [0.2, 0.25) is 0 Å². The van der Waals surface area contributed by atoms with Gasteiger partial charge in [-0.05, 0) is 35.8 Å². The van der Waals surface area contributed by atoms with E-state index < -0.39 is 6.10 Å². The molecule has 1 aliphatic carbocycles. The van der Waals surface area contributed by atoms with Crippen molar-refractivity contribution in [1.29, 1.82) is 5.26 Å². The van der Waals surface area contributed by atoms with Crippen LogP contribution in [0.1, 0.15) is 36.0 Å². The predicted octanol–water partition coefficient (Wildman–Crippen LogP) is 3.01. The molecule has 16 heavy (non-hydrogen) atoms. The molecule has 0 radical (unpaired) electrons. The van der Waals surface area contributed by atoms with E-state index >= 15 is 0 Å². The summed E-state index contributed by atoms with van der Waals surface area (Å²) in [6, 6.07) is 7.54. The lowest BCUT2D eigenvalue weighted by atomic mass is 9.93. The van der Waals surface area contributed by atoms with E-state index in [9.17, 15) is 5.11 Å². The molecule has 0 heterocycles. The van der Waals surface area contributed by atoms with Crippen LogP contribution in [0.5, 0.6) is 0 Å². The molecule has 0 aromatic heterocycles. The number of benzene rings is 1. The zero-order valence-electron chi connectivity index (χ0n) is 8.94. The Kier molecular flexibility index (Phi) is 3.00. The van der Waals surface area contributed by atoms with Gasteiger partial charge in [-0.2, -0.15) is 5.26 Å². The molecular formula is C13H12ClNO. The highest BCUT2D eigenvalue weighted by Crippen LogP contribution is 2.41. The molecule has 0 saturated carbocycles. The maximum Gasteiger partial charge on any atom is 0.0991 e. The van der Waals surface area contributed by atoms with E-state index in [1.807, 2.05) is 19.1 Å². The molecule has 0 aliphatic heterocycles. The monoisotopic (exact) mass is 233 g/mol. The molecular weight excluding hydrogens is 222 g/mol. The molecule has 2 atom stereocenters. The van der Waals surface area contributed by atoms with Crippen LogP contribution in [-0.4, -0.2) is 11.2 Å². The van der Waals surface area contributed by atoms with Gasteiger partial charge < -0.3 is 5.11 Å². The smallest absolute Gasteiger partial charge is 0.0991 e. The first-order valence-electron chi connectivity index (χ1n) is 5.26. The minimum absolute atomic E-state index is 0.130. The van der Waals surface area contributed by atoms with Crippen LogP contribution >= 0.6 is 11.6 Å². The largest absolute Gasteiger partial charge is 0.392 e. The summed E-state index contributed by atoms with van der Waals surface area (Å²) in [7, 11) is 0. The lowest BCUT2D eigenvalue weighted by molar-refractivity contribution is 0.154. The van der Waals surface area contributed by atoms with Crippen LogP contribution in [0, 0.1) is 11.3 Å². The predicted molar refractivity (Wildman–Crippen MR) is 64.0 cm³/mol. The minimum atomic E-state index is -0.460. The number of aliphatic hydroxyl groups is 1. The van der Waals surface area contributed by atoms with Gasteiger partial charge in [0.1, 0.15) is 0 Å². The Hall–Kier alpha value is -1.30. The molecule has 0 amide bonds. The van der Waals surface area contributed by atoms with Crippen molar-refractivity contribution in [3.63, 3.8) is 0 Å². The SMILES string of the molecule is CCC(O)C1C(Cl)=Cc2cc(C#N)ccc21. The second kappa shape index (κ2) is 4.29. The third-order valence-electron chi connectivity index (χ3n) is 2.94. The second-order valence-corrected chi connectivity index (χ2v) is 4.37. The molecule has 1 N–H and O–H groups in total. The molecule has 0 fully saturated rings. The van der Waals surface area contributed by atoms with Crippen molar-refractivity contribution in [1.82, 2.24) is 0 Å². The minimum Gasteiger partial charge on any atom is -0.392 e. The standard InChI is InChI=1S/C13H12ClNO/c1-2-12(16)13-10-4-3-8(7-15)5-9(10)6-11(13)14/h3-6,12-13,16H,2H2,1H3. The molecule has 2 rings (SSSR count). The molecule has 0 spiro atoms. The summed E-state index contributed by atoms with van der Waals surface area (Å²) in [5.41, 5.74) is 2.58. The van der Waals surface area contributed by atoms with E-state index in [0.717, 1.165) is 11.1 Å². The van der Waals surface area contributed by atoms with E-state index in [-0.39, 0.29) is 5.92 Å². The van der Waals surface area contributed by atoms with Crippen molar-refractivity contribution in [3.05, 3.63) is 39.9 Å². The second-order valence-electron chi connectivity index (χ2n) is 3.94. The van der Waals surface area contributed by atoms with Gasteiger partial charge in [0.2, 0.25) is 0 Å². The third-order valence-corrected chi connectivity index (χ3v) is 3.29. The summed E-state index contributed by atoms with van der Waals surface area (Å²) in [6.45, 7) is 1.93. The molecule has 2 nitrogen and oxygen atoms in total. The number of aliphatic hydroxyl groups excluding tert-OH is 1. The number of nitrogens with zero attached hydrogens (tertiary/aromatic N) is 1. The van der Waals surface area contributed by atoms with Gasteiger partial charge in [0.15, 0.2) is 0 Å². The fraction of sp³-hybridized carbons (Fsp3) is 0.308. The normalized spacial score (nSPS) is 19.9. The summed E-state index contributed by atoms with van der Waals surface area (Å²) < 4.78 is 0. The quantitative estimate of drug-likeness (QED) is 0.854. The van der Waals surface area contributed by atoms with Crippen LogP contribution in [-0.2, 0) is 0 Å². The Morgan fingerprint density at radius 1 is 1.56 bits per heavy atom. The van der Waals surface area contributed by atoms with Gasteiger partial charge in [-0.1, -0.05) is 24.6 Å². The number of fused-ring (bicyclic) bond motifs is 1. The van der Waals surface area contributed by atoms with E-state index in [0.29, 0.717) is 17.0 Å². The van der Waals surface area contributed by atoms with Gasteiger partial charge in [0, 0.05) is 11.0 Å². The molecule has 1 aromatic carbocycles. The lowest BCUT2D eigenvalue weighted by Gasteiger charge is -2.18. The van der Waals surface area contributed by atoms with Crippen LogP contribution in [0.15, 0.2) is 23.2 Å². The van der Waals surface area contributed by atoms with Gasteiger partial charge in [-0.15, -0.1) is 0 Å². The van der Waals surface area contributed by atoms with Crippen LogP contribution in [0.3, 0.4) is 0 Å². The Labute approximate surface area is 99.8 Å². The average Bonchev–Trinajstić information content (AvgIpc) is 2.62. The van der Waals surface area contributed by atoms with Crippen molar-refractivity contribution >= 4 is 17.7 Å². The van der Waals surface area contributed by atoms with Gasteiger partial charge in [0.05, 0.1) is 17.7 Å². The molecule has 1 aliphatic rings. The van der Waals surface area contributed by atoms with E-state index in [1.165, 1.54) is 0 Å². The number of halogens is 1. The molecule has 0 saturated heterocycles. The van der Waals surface area contributed by atoms with Crippen LogP contribution in [0.4, 0.5) is 0 Å². The first-order chi connectivity index (χ1) is 7.67. The Balaban J connectivity index is 2.45. The first kappa shape index (κ1) is 11.2. The van der Waals surface area contributed by atoms with Crippen LogP contribution < -0.4 is 0 Å². The van der Waals surface area contributed by atoms with E-state index in [4.69, 9.17) is 16.9 Å². The highest BCUT2D eigenvalue weighted by Gasteiger charge is 2.29. The van der Waals surface area contributed by atoms with Crippen molar-refractivity contribution < 1.29 is 5.11 Å². The third kappa shape index (κ3) is 1.73. The maximum absolute atomic E-state index is 9.91. The van der Waals surface area contributed by atoms with Crippen molar-refractivity contribution in [2.75, 3.05) is 0 Å². The highest BCUT2D eigenvalue weighted by molar-refractivity contribution is 6.33. The van der Waals surface area contributed by atoms with Crippen molar-refractivity contribution in [2.45, 2.75) is 25.4 Å². The first-order valence-corrected chi connectivity index (χ1v) is 5.64. The Morgan fingerprint density at radius 2 is 2.31 bits per heavy atom. The average molecular weight is 234 g/mol. The molecule has 3 heteroatoms. The highest BCUT2D eigenvalue weighted by atomic mass is 35.5. The lowest BCUT2D eigenvalue weighted by Crippen LogP contribution is -2.16. The molecule has 82 valence electrons. The summed E-state index contributed by atoms with van der Waals surface area (Å²) in [4.78, 5) is 0. The summed E-state index contributed by atoms with van der Waals surface area (Å²) in [6.07, 6.45) is 2.04. The van der Waals surface area contributed by atoms with Crippen molar-refractivity contribution in [2.24, 2.45) is 0 Å². The van der Waals surface area contributed by atoms with Gasteiger partial charge in [-0.3, -0.25) is 0 Å². The van der Waals surface area contributed by atoms with Crippen LogP contribution in [0.25, 0.3) is 6.08 Å². The van der Waals surface area contributed by atoms with E-state index in [2.05, 4.69) is 6.07 Å².